The van der Waals surface area contributed by atoms with E-state index in [0.29, 0.717) is 41.8 Å². The highest BCUT2D eigenvalue weighted by Gasteiger charge is 2.37. The van der Waals surface area contributed by atoms with E-state index in [1.54, 1.807) is 7.11 Å². The Kier molecular flexibility index (Phi) is 5.54. The monoisotopic (exact) mass is 424 g/mol. The summed E-state index contributed by atoms with van der Waals surface area (Å²) in [6, 6.07) is 8.92. The number of nitrogens with one attached hydrogen (secondary N) is 1. The van der Waals surface area contributed by atoms with Gasteiger partial charge < -0.3 is 15.0 Å². The fraction of sp³-hybridized carbons (Fsp3) is 0.450. The van der Waals surface area contributed by atoms with Crippen molar-refractivity contribution < 1.29 is 17.9 Å². The van der Waals surface area contributed by atoms with Gasteiger partial charge in [0.1, 0.15) is 15.7 Å². The molecule has 1 N–H and O–H groups in total. The third kappa shape index (κ3) is 4.12. The number of rotatable bonds is 3. The number of hydrogen-bond acceptors (Lipinski definition) is 6. The van der Waals surface area contributed by atoms with Crippen LogP contribution in [0.15, 0.2) is 35.3 Å². The first-order valence-electron chi connectivity index (χ1n) is 9.47. The van der Waals surface area contributed by atoms with Gasteiger partial charge in [0.25, 0.3) is 0 Å². The number of halogens is 3. The van der Waals surface area contributed by atoms with Gasteiger partial charge in [0, 0.05) is 39.4 Å². The normalized spacial score (nSPS) is 19.8. The molecular formula is C20H23F3N4OS. The molecule has 2 aliphatic heterocycles. The smallest absolute Gasteiger partial charge is 0.385 e. The van der Waals surface area contributed by atoms with Gasteiger partial charge in [0.05, 0.1) is 16.9 Å². The molecule has 9 heteroatoms. The number of alkyl halides is 3. The van der Waals surface area contributed by atoms with Gasteiger partial charge in [-0.2, -0.15) is 13.2 Å². The van der Waals surface area contributed by atoms with E-state index in [4.69, 9.17) is 9.73 Å². The second kappa shape index (κ2) is 7.97. The van der Waals surface area contributed by atoms with Gasteiger partial charge in [0.15, 0.2) is 0 Å². The lowest BCUT2D eigenvalue weighted by Crippen LogP contribution is -2.53. The van der Waals surface area contributed by atoms with E-state index in [1.807, 2.05) is 24.3 Å². The van der Waals surface area contributed by atoms with Crippen LogP contribution >= 0.6 is 11.3 Å². The Morgan fingerprint density at radius 3 is 2.83 bits per heavy atom. The van der Waals surface area contributed by atoms with Gasteiger partial charge in [-0.05, 0) is 31.7 Å². The van der Waals surface area contributed by atoms with Gasteiger partial charge in [-0.25, -0.2) is 4.99 Å². The first kappa shape index (κ1) is 20.2. The van der Waals surface area contributed by atoms with E-state index in [1.165, 1.54) is 6.07 Å². The Morgan fingerprint density at radius 2 is 2.07 bits per heavy atom. The molecule has 0 amide bonds. The number of amidine groups is 1. The van der Waals surface area contributed by atoms with Crippen LogP contribution in [0.3, 0.4) is 0 Å². The number of piperazine rings is 1. The highest BCUT2D eigenvalue weighted by Crippen LogP contribution is 2.44. The predicted molar refractivity (Wildman–Crippen MR) is 110 cm³/mol. The molecule has 1 saturated heterocycles. The topological polar surface area (TPSA) is 40.1 Å². The minimum absolute atomic E-state index is 0.252. The number of thiophene rings is 1. The van der Waals surface area contributed by atoms with E-state index >= 15 is 0 Å². The fourth-order valence-corrected chi connectivity index (χ4v) is 4.64. The molecule has 29 heavy (non-hydrogen) atoms. The standard InChI is InChI=1S/C20H23F3N4OS/c1-26-8-9-27(12-13(26)7-10-28-2)18-14-11-17(20(21,22)23)29-19(14)25-16-6-4-3-5-15(16)24-18/h3-6,11,13,25H,7-10,12H2,1-2H3/t13-/m0/s1. The lowest BCUT2D eigenvalue weighted by atomic mass is 10.1. The lowest BCUT2D eigenvalue weighted by molar-refractivity contribution is -0.134. The number of ether oxygens (including phenoxy) is 1. The summed E-state index contributed by atoms with van der Waals surface area (Å²) in [5.74, 6) is 0.597. The minimum Gasteiger partial charge on any atom is -0.385 e. The van der Waals surface area contributed by atoms with Crippen LogP contribution in [-0.2, 0) is 10.9 Å². The summed E-state index contributed by atoms with van der Waals surface area (Å²) in [6.07, 6.45) is -3.53. The largest absolute Gasteiger partial charge is 0.425 e. The van der Waals surface area contributed by atoms with Crippen molar-refractivity contribution in [2.75, 3.05) is 45.7 Å². The summed E-state index contributed by atoms with van der Waals surface area (Å²) in [7, 11) is 3.75. The number of methoxy groups -OCH3 is 1. The summed E-state index contributed by atoms with van der Waals surface area (Å²) in [4.78, 5) is 8.57. The zero-order valence-corrected chi connectivity index (χ0v) is 17.1. The zero-order chi connectivity index (χ0) is 20.6. The second-order valence-electron chi connectivity index (χ2n) is 7.29. The summed E-state index contributed by atoms with van der Waals surface area (Å²) in [6.45, 7) is 2.85. The molecule has 0 spiro atoms. The van der Waals surface area contributed by atoms with Crippen LogP contribution in [0, 0.1) is 0 Å². The van der Waals surface area contributed by atoms with Gasteiger partial charge in [-0.15, -0.1) is 11.3 Å². The van der Waals surface area contributed by atoms with Crippen molar-refractivity contribution in [3.05, 3.63) is 40.8 Å². The first-order valence-corrected chi connectivity index (χ1v) is 10.3. The first-order chi connectivity index (χ1) is 13.9. The van der Waals surface area contributed by atoms with Crippen molar-refractivity contribution in [3.63, 3.8) is 0 Å². The Balaban J connectivity index is 1.74. The van der Waals surface area contributed by atoms with E-state index in [9.17, 15) is 13.2 Å². The van der Waals surface area contributed by atoms with Gasteiger partial charge >= 0.3 is 6.18 Å². The quantitative estimate of drug-likeness (QED) is 0.785. The predicted octanol–water partition coefficient (Wildman–Crippen LogP) is 4.55. The van der Waals surface area contributed by atoms with Crippen molar-refractivity contribution in [2.24, 2.45) is 4.99 Å². The van der Waals surface area contributed by atoms with Crippen molar-refractivity contribution in [3.8, 4) is 0 Å². The van der Waals surface area contributed by atoms with Crippen LogP contribution in [0.2, 0.25) is 0 Å². The van der Waals surface area contributed by atoms with E-state index in [-0.39, 0.29) is 6.04 Å². The Hall–Kier alpha value is -2.10. The molecule has 0 radical (unpaired) electrons. The fourth-order valence-electron chi connectivity index (χ4n) is 3.71. The number of para-hydroxylation sites is 2. The Bertz CT molecular complexity index is 911. The maximum atomic E-state index is 13.4. The van der Waals surface area contributed by atoms with Crippen LogP contribution in [0.25, 0.3) is 0 Å². The minimum atomic E-state index is -4.38. The molecule has 0 saturated carbocycles. The van der Waals surface area contributed by atoms with Crippen LogP contribution in [0.5, 0.6) is 0 Å². The molecule has 1 aromatic heterocycles. The van der Waals surface area contributed by atoms with Gasteiger partial charge in [0.2, 0.25) is 0 Å². The number of aliphatic imine (C=N–C) groups is 1. The summed E-state index contributed by atoms with van der Waals surface area (Å²) in [5.41, 5.74) is 1.95. The highest BCUT2D eigenvalue weighted by atomic mass is 32.1. The second-order valence-corrected chi connectivity index (χ2v) is 8.34. The average molecular weight is 424 g/mol. The Labute approximate surface area is 171 Å². The van der Waals surface area contributed by atoms with E-state index < -0.39 is 11.1 Å². The van der Waals surface area contributed by atoms with Crippen LogP contribution in [-0.4, -0.2) is 62.1 Å². The maximum absolute atomic E-state index is 13.4. The van der Waals surface area contributed by atoms with Crippen molar-refractivity contribution in [1.29, 1.82) is 0 Å². The zero-order valence-electron chi connectivity index (χ0n) is 16.3. The van der Waals surface area contributed by atoms with Gasteiger partial charge in [-0.3, -0.25) is 4.90 Å². The molecule has 2 aromatic rings. The molecule has 156 valence electrons. The molecule has 1 fully saturated rings. The summed E-state index contributed by atoms with van der Waals surface area (Å²) >= 11 is 0.728. The van der Waals surface area contributed by atoms with Crippen molar-refractivity contribution in [2.45, 2.75) is 18.6 Å². The SMILES string of the molecule is COCC[C@H]1CN(C2=Nc3ccccc3Nc3sc(C(F)(F)F)cc32)CCN1C. The van der Waals surface area contributed by atoms with E-state index in [2.05, 4.69) is 22.2 Å². The molecule has 5 nitrogen and oxygen atoms in total. The van der Waals surface area contributed by atoms with Crippen LogP contribution in [0.4, 0.5) is 29.5 Å². The van der Waals surface area contributed by atoms with Crippen LogP contribution < -0.4 is 5.32 Å². The molecule has 0 aliphatic carbocycles. The maximum Gasteiger partial charge on any atom is 0.425 e. The number of hydrogen-bond donors (Lipinski definition) is 1. The molecule has 1 atom stereocenters. The molecule has 2 aliphatic rings. The number of nitrogens with zero attached hydrogens (tertiary/aromatic N) is 3. The number of anilines is 2. The molecule has 0 bridgehead atoms. The average Bonchev–Trinajstić information content (AvgIpc) is 3.04. The third-order valence-corrected chi connectivity index (χ3v) is 6.46. The van der Waals surface area contributed by atoms with Gasteiger partial charge in [-0.1, -0.05) is 12.1 Å². The summed E-state index contributed by atoms with van der Waals surface area (Å²) < 4.78 is 45.4. The lowest BCUT2D eigenvalue weighted by Gasteiger charge is -2.40. The third-order valence-electron chi connectivity index (χ3n) is 5.36. The van der Waals surface area contributed by atoms with E-state index in [0.717, 1.165) is 30.0 Å². The summed E-state index contributed by atoms with van der Waals surface area (Å²) in [5, 5.41) is 3.65. The number of fused-ring (bicyclic) bond motifs is 2. The highest BCUT2D eigenvalue weighted by molar-refractivity contribution is 7.16. The molecule has 3 heterocycles. The Morgan fingerprint density at radius 1 is 1.28 bits per heavy atom. The van der Waals surface area contributed by atoms with Crippen molar-refractivity contribution >= 4 is 33.5 Å². The molecule has 0 unspecified atom stereocenters. The number of benzene rings is 1. The number of likely N-dealkylation sites (N-methyl/N-ethyl adjacent to an activating group) is 1. The molecule has 1 aromatic carbocycles. The molecule has 4 rings (SSSR count). The van der Waals surface area contributed by atoms with Crippen LogP contribution in [0.1, 0.15) is 16.9 Å². The molecular weight excluding hydrogens is 401 g/mol. The van der Waals surface area contributed by atoms with Crippen molar-refractivity contribution in [1.82, 2.24) is 9.80 Å².